The number of carbonyl (C=O) groups is 1. The molecular formula is C12H22N2O3. The summed E-state index contributed by atoms with van der Waals surface area (Å²) in [5.41, 5.74) is 12.1. The number of ether oxygens (including phenoxy) is 1. The first kappa shape index (κ1) is 14.2. The molecule has 1 aliphatic rings. The average molecular weight is 242 g/mol. The van der Waals surface area contributed by atoms with Crippen LogP contribution in [-0.4, -0.2) is 35.4 Å². The van der Waals surface area contributed by atoms with Crippen molar-refractivity contribution in [1.82, 2.24) is 0 Å². The fraction of sp³-hybridized carbons (Fsp3) is 0.750. The summed E-state index contributed by atoms with van der Waals surface area (Å²) in [5.74, 6) is -0.939. The molecule has 1 rings (SSSR count). The predicted octanol–water partition coefficient (Wildman–Crippen LogP) is 0.630. The smallest absolute Gasteiger partial charge is 0.331 e. The van der Waals surface area contributed by atoms with Crippen molar-refractivity contribution in [1.29, 1.82) is 0 Å². The molecule has 0 fully saturated rings. The van der Waals surface area contributed by atoms with Crippen molar-refractivity contribution in [2.45, 2.75) is 57.4 Å². The molecule has 5 N–H and O–H groups in total. The fourth-order valence-corrected chi connectivity index (χ4v) is 2.00. The standard InChI is InChI=1S/C12H22N2O3/c1-3-8(4-2)17-10-6-7(12(15)16)5-9(13)11(10)14/h6,8-11H,3-5,13-14H2,1-2H3,(H,15,16). The second kappa shape index (κ2) is 6.14. The van der Waals surface area contributed by atoms with Gasteiger partial charge in [-0.2, -0.15) is 0 Å². The molecule has 0 bridgehead atoms. The van der Waals surface area contributed by atoms with Gasteiger partial charge in [0.05, 0.1) is 12.2 Å². The Morgan fingerprint density at radius 3 is 2.59 bits per heavy atom. The Bertz CT molecular complexity index is 300. The van der Waals surface area contributed by atoms with E-state index in [2.05, 4.69) is 0 Å². The maximum absolute atomic E-state index is 11.0. The number of nitrogens with two attached hydrogens (primary N) is 2. The van der Waals surface area contributed by atoms with Crippen LogP contribution in [0.1, 0.15) is 33.1 Å². The van der Waals surface area contributed by atoms with Crippen LogP contribution < -0.4 is 11.5 Å². The number of carboxylic acids is 1. The van der Waals surface area contributed by atoms with Crippen LogP contribution in [0.4, 0.5) is 0 Å². The molecule has 17 heavy (non-hydrogen) atoms. The molecule has 0 saturated carbocycles. The lowest BCUT2D eigenvalue weighted by Crippen LogP contribution is -2.53. The number of hydrogen-bond donors (Lipinski definition) is 3. The lowest BCUT2D eigenvalue weighted by Gasteiger charge is -2.33. The molecule has 0 saturated heterocycles. The van der Waals surface area contributed by atoms with E-state index in [4.69, 9.17) is 21.3 Å². The second-order valence-electron chi connectivity index (χ2n) is 4.48. The quantitative estimate of drug-likeness (QED) is 0.656. The van der Waals surface area contributed by atoms with Gasteiger partial charge in [-0.3, -0.25) is 0 Å². The molecule has 98 valence electrons. The van der Waals surface area contributed by atoms with Gasteiger partial charge in [0.1, 0.15) is 0 Å². The molecule has 0 spiro atoms. The predicted molar refractivity (Wildman–Crippen MR) is 65.5 cm³/mol. The van der Waals surface area contributed by atoms with Gasteiger partial charge in [0.2, 0.25) is 0 Å². The third-order valence-electron chi connectivity index (χ3n) is 3.23. The van der Waals surface area contributed by atoms with Crippen molar-refractivity contribution in [3.05, 3.63) is 11.6 Å². The van der Waals surface area contributed by atoms with Crippen molar-refractivity contribution in [3.8, 4) is 0 Å². The van der Waals surface area contributed by atoms with Gasteiger partial charge in [-0.1, -0.05) is 13.8 Å². The van der Waals surface area contributed by atoms with Crippen molar-refractivity contribution in [2.75, 3.05) is 0 Å². The summed E-state index contributed by atoms with van der Waals surface area (Å²) in [5, 5.41) is 8.99. The van der Waals surface area contributed by atoms with Crippen LogP contribution in [0.2, 0.25) is 0 Å². The first-order chi connectivity index (χ1) is 7.99. The van der Waals surface area contributed by atoms with E-state index >= 15 is 0 Å². The topological polar surface area (TPSA) is 98.6 Å². The van der Waals surface area contributed by atoms with Crippen LogP contribution in [0.5, 0.6) is 0 Å². The van der Waals surface area contributed by atoms with E-state index in [-0.39, 0.29) is 18.2 Å². The van der Waals surface area contributed by atoms with Crippen molar-refractivity contribution in [3.63, 3.8) is 0 Å². The first-order valence-electron chi connectivity index (χ1n) is 6.10. The summed E-state index contributed by atoms with van der Waals surface area (Å²) >= 11 is 0. The zero-order valence-electron chi connectivity index (χ0n) is 10.4. The Kier molecular flexibility index (Phi) is 5.11. The van der Waals surface area contributed by atoms with Crippen LogP contribution in [0.15, 0.2) is 11.6 Å². The second-order valence-corrected chi connectivity index (χ2v) is 4.48. The number of carboxylic acid groups (broad SMARTS) is 1. The fourth-order valence-electron chi connectivity index (χ4n) is 2.00. The highest BCUT2D eigenvalue weighted by molar-refractivity contribution is 5.87. The molecule has 5 nitrogen and oxygen atoms in total. The van der Waals surface area contributed by atoms with Gasteiger partial charge >= 0.3 is 5.97 Å². The van der Waals surface area contributed by atoms with E-state index < -0.39 is 12.1 Å². The van der Waals surface area contributed by atoms with Gasteiger partial charge in [-0.15, -0.1) is 0 Å². The molecule has 5 heteroatoms. The molecule has 1 aliphatic carbocycles. The Morgan fingerprint density at radius 2 is 2.12 bits per heavy atom. The van der Waals surface area contributed by atoms with Crippen LogP contribution in [0, 0.1) is 0 Å². The zero-order chi connectivity index (χ0) is 13.0. The van der Waals surface area contributed by atoms with Crippen molar-refractivity contribution < 1.29 is 14.6 Å². The Labute approximate surface area is 102 Å². The summed E-state index contributed by atoms with van der Waals surface area (Å²) in [6.45, 7) is 4.06. The highest BCUT2D eigenvalue weighted by atomic mass is 16.5. The van der Waals surface area contributed by atoms with Crippen molar-refractivity contribution >= 4 is 5.97 Å². The molecule has 0 radical (unpaired) electrons. The third-order valence-corrected chi connectivity index (χ3v) is 3.23. The molecule has 0 aromatic carbocycles. The van der Waals surface area contributed by atoms with Gasteiger partial charge in [-0.05, 0) is 25.3 Å². The van der Waals surface area contributed by atoms with Gasteiger partial charge in [0.15, 0.2) is 0 Å². The number of rotatable bonds is 5. The maximum Gasteiger partial charge on any atom is 0.331 e. The molecule has 0 aromatic rings. The van der Waals surface area contributed by atoms with Crippen LogP contribution in [0.3, 0.4) is 0 Å². The molecule has 0 aromatic heterocycles. The minimum atomic E-state index is -0.939. The van der Waals surface area contributed by atoms with E-state index in [1.807, 2.05) is 13.8 Å². The van der Waals surface area contributed by atoms with Crippen LogP contribution in [-0.2, 0) is 9.53 Å². The molecule has 0 heterocycles. The minimum Gasteiger partial charge on any atom is -0.478 e. The average Bonchev–Trinajstić information content (AvgIpc) is 2.30. The summed E-state index contributed by atoms with van der Waals surface area (Å²) < 4.78 is 5.81. The normalized spacial score (nSPS) is 29.2. The first-order valence-corrected chi connectivity index (χ1v) is 6.10. The molecular weight excluding hydrogens is 220 g/mol. The van der Waals surface area contributed by atoms with E-state index in [1.54, 1.807) is 6.08 Å². The van der Waals surface area contributed by atoms with Crippen LogP contribution >= 0.6 is 0 Å². The number of aliphatic carboxylic acids is 1. The molecule has 0 aliphatic heterocycles. The monoisotopic (exact) mass is 242 g/mol. The minimum absolute atomic E-state index is 0.0997. The summed E-state index contributed by atoms with van der Waals surface area (Å²) in [6.07, 6.45) is 3.38. The van der Waals surface area contributed by atoms with Gasteiger partial charge in [0, 0.05) is 17.7 Å². The maximum atomic E-state index is 11.0. The van der Waals surface area contributed by atoms with Crippen molar-refractivity contribution in [2.24, 2.45) is 11.5 Å². The van der Waals surface area contributed by atoms with Gasteiger partial charge in [-0.25, -0.2) is 4.79 Å². The Hall–Kier alpha value is -0.910. The Balaban J connectivity index is 2.79. The van der Waals surface area contributed by atoms with Gasteiger partial charge < -0.3 is 21.3 Å². The van der Waals surface area contributed by atoms with E-state index in [9.17, 15) is 4.79 Å². The summed E-state index contributed by atoms with van der Waals surface area (Å²) in [6, 6.07) is -0.691. The number of hydrogen-bond acceptors (Lipinski definition) is 4. The zero-order valence-corrected chi connectivity index (χ0v) is 10.4. The SMILES string of the molecule is CCC(CC)OC1C=C(C(=O)O)CC(N)C1N. The lowest BCUT2D eigenvalue weighted by atomic mass is 9.89. The third kappa shape index (κ3) is 3.52. The largest absolute Gasteiger partial charge is 0.478 e. The Morgan fingerprint density at radius 1 is 1.53 bits per heavy atom. The van der Waals surface area contributed by atoms with E-state index in [1.165, 1.54) is 0 Å². The van der Waals surface area contributed by atoms with E-state index in [0.717, 1.165) is 12.8 Å². The molecule has 3 atom stereocenters. The molecule has 0 amide bonds. The lowest BCUT2D eigenvalue weighted by molar-refractivity contribution is -0.133. The highest BCUT2D eigenvalue weighted by Crippen LogP contribution is 2.21. The summed E-state index contributed by atoms with van der Waals surface area (Å²) in [4.78, 5) is 11.0. The van der Waals surface area contributed by atoms with Gasteiger partial charge in [0.25, 0.3) is 0 Å². The summed E-state index contributed by atoms with van der Waals surface area (Å²) in [7, 11) is 0. The highest BCUT2D eigenvalue weighted by Gasteiger charge is 2.32. The molecule has 3 unspecified atom stereocenters. The van der Waals surface area contributed by atoms with E-state index in [0.29, 0.717) is 12.0 Å². The van der Waals surface area contributed by atoms with Crippen LogP contribution in [0.25, 0.3) is 0 Å².